The van der Waals surface area contributed by atoms with Gasteiger partial charge in [-0.05, 0) is 32.4 Å². The average molecular weight is 285 g/mol. The molecule has 112 valence electrons. The number of aryl methyl sites for hydroxylation is 1. The molecule has 4 nitrogen and oxygen atoms in total. The van der Waals surface area contributed by atoms with Crippen molar-refractivity contribution in [1.82, 2.24) is 15.1 Å². The van der Waals surface area contributed by atoms with Crippen LogP contribution >= 0.6 is 0 Å². The van der Waals surface area contributed by atoms with Crippen molar-refractivity contribution in [1.29, 1.82) is 0 Å². The van der Waals surface area contributed by atoms with Crippen LogP contribution in [0, 0.1) is 5.41 Å². The van der Waals surface area contributed by atoms with Gasteiger partial charge in [-0.2, -0.15) is 5.10 Å². The van der Waals surface area contributed by atoms with Gasteiger partial charge in [0.2, 0.25) is 0 Å². The van der Waals surface area contributed by atoms with Crippen molar-refractivity contribution in [2.45, 2.75) is 39.7 Å². The van der Waals surface area contributed by atoms with Gasteiger partial charge in [-0.3, -0.25) is 9.48 Å². The lowest BCUT2D eigenvalue weighted by Gasteiger charge is -2.24. The van der Waals surface area contributed by atoms with Crippen LogP contribution in [0.3, 0.4) is 0 Å². The van der Waals surface area contributed by atoms with E-state index >= 15 is 0 Å². The van der Waals surface area contributed by atoms with Crippen molar-refractivity contribution >= 4 is 16.7 Å². The van der Waals surface area contributed by atoms with Crippen LogP contribution in [0.4, 0.5) is 0 Å². The molecule has 1 aliphatic heterocycles. The number of carbonyl (C=O) groups excluding carboxylic acids is 1. The maximum Gasteiger partial charge on any atom is 0.146 e. The van der Waals surface area contributed by atoms with Gasteiger partial charge in [-0.1, -0.05) is 25.1 Å². The van der Waals surface area contributed by atoms with Gasteiger partial charge in [0.05, 0.1) is 17.6 Å². The van der Waals surface area contributed by atoms with Crippen molar-refractivity contribution in [2.24, 2.45) is 5.41 Å². The van der Waals surface area contributed by atoms with Gasteiger partial charge in [0.1, 0.15) is 5.78 Å². The van der Waals surface area contributed by atoms with Crippen LogP contribution in [0.15, 0.2) is 24.3 Å². The van der Waals surface area contributed by atoms with Crippen LogP contribution in [0.25, 0.3) is 10.9 Å². The van der Waals surface area contributed by atoms with Crippen molar-refractivity contribution in [3.8, 4) is 0 Å². The second-order valence-corrected chi connectivity index (χ2v) is 5.94. The molecule has 4 heteroatoms. The number of nitrogens with one attached hydrogen (secondary N) is 1. The fourth-order valence-electron chi connectivity index (χ4n) is 3.39. The number of nitrogens with zero attached hydrogens (tertiary/aromatic N) is 2. The van der Waals surface area contributed by atoms with Gasteiger partial charge in [0.25, 0.3) is 0 Å². The highest BCUT2D eigenvalue weighted by Crippen LogP contribution is 2.32. The zero-order valence-electron chi connectivity index (χ0n) is 12.9. The first-order valence-electron chi connectivity index (χ1n) is 7.88. The summed E-state index contributed by atoms with van der Waals surface area (Å²) in [4.78, 5) is 12.8. The van der Waals surface area contributed by atoms with Gasteiger partial charge in [0.15, 0.2) is 0 Å². The van der Waals surface area contributed by atoms with E-state index in [1.54, 1.807) is 0 Å². The van der Waals surface area contributed by atoms with Gasteiger partial charge in [0, 0.05) is 23.9 Å². The van der Waals surface area contributed by atoms with Crippen molar-refractivity contribution in [3.63, 3.8) is 0 Å². The molecule has 1 aliphatic rings. The molecule has 1 saturated heterocycles. The number of fused-ring (bicyclic) bond motifs is 1. The average Bonchev–Trinajstić information content (AvgIpc) is 3.13. The van der Waals surface area contributed by atoms with E-state index in [2.05, 4.69) is 36.4 Å². The minimum Gasteiger partial charge on any atom is -0.316 e. The van der Waals surface area contributed by atoms with E-state index in [4.69, 9.17) is 0 Å². The first kappa shape index (κ1) is 14.3. The Labute approximate surface area is 125 Å². The summed E-state index contributed by atoms with van der Waals surface area (Å²) in [6.07, 6.45) is 2.31. The number of hydrogen-bond donors (Lipinski definition) is 1. The largest absolute Gasteiger partial charge is 0.316 e. The van der Waals surface area contributed by atoms with E-state index in [1.807, 2.05) is 16.8 Å². The van der Waals surface area contributed by atoms with Gasteiger partial charge >= 0.3 is 0 Å². The molecule has 0 aliphatic carbocycles. The SMILES string of the molecule is CCn1nc(CC(=O)C2(CC)CCNC2)c2ccccc21. The molecule has 1 N–H and O–H groups in total. The highest BCUT2D eigenvalue weighted by Gasteiger charge is 2.39. The highest BCUT2D eigenvalue weighted by molar-refractivity contribution is 5.91. The molecule has 0 spiro atoms. The molecular weight excluding hydrogens is 262 g/mol. The van der Waals surface area contributed by atoms with Crippen LogP contribution in [0.1, 0.15) is 32.4 Å². The fourth-order valence-corrected chi connectivity index (χ4v) is 3.39. The molecule has 0 amide bonds. The molecule has 21 heavy (non-hydrogen) atoms. The summed E-state index contributed by atoms with van der Waals surface area (Å²) in [5.41, 5.74) is 1.87. The van der Waals surface area contributed by atoms with E-state index < -0.39 is 0 Å². The Morgan fingerprint density at radius 3 is 2.86 bits per heavy atom. The molecule has 0 bridgehead atoms. The van der Waals surface area contributed by atoms with E-state index in [1.165, 1.54) is 0 Å². The first-order valence-corrected chi connectivity index (χ1v) is 7.88. The minimum absolute atomic E-state index is 0.183. The smallest absolute Gasteiger partial charge is 0.146 e. The van der Waals surface area contributed by atoms with Crippen LogP contribution in [-0.4, -0.2) is 28.7 Å². The van der Waals surface area contributed by atoms with E-state index in [0.29, 0.717) is 12.2 Å². The summed E-state index contributed by atoms with van der Waals surface area (Å²) >= 11 is 0. The van der Waals surface area contributed by atoms with Gasteiger partial charge in [-0.15, -0.1) is 0 Å². The number of aromatic nitrogens is 2. The Balaban J connectivity index is 1.93. The zero-order valence-corrected chi connectivity index (χ0v) is 12.9. The monoisotopic (exact) mass is 285 g/mol. The third kappa shape index (κ3) is 2.38. The van der Waals surface area contributed by atoms with Crippen molar-refractivity contribution in [2.75, 3.05) is 13.1 Å². The predicted molar refractivity (Wildman–Crippen MR) is 84.3 cm³/mol. The summed E-state index contributed by atoms with van der Waals surface area (Å²) in [5, 5.41) is 9.11. The second-order valence-electron chi connectivity index (χ2n) is 5.94. The Bertz CT molecular complexity index is 653. The lowest BCUT2D eigenvalue weighted by Crippen LogP contribution is -2.34. The molecule has 2 heterocycles. The Morgan fingerprint density at radius 1 is 1.38 bits per heavy atom. The van der Waals surface area contributed by atoms with Crippen molar-refractivity contribution < 1.29 is 4.79 Å². The van der Waals surface area contributed by atoms with Crippen LogP contribution < -0.4 is 5.32 Å². The third-order valence-electron chi connectivity index (χ3n) is 4.87. The van der Waals surface area contributed by atoms with E-state index in [9.17, 15) is 4.79 Å². The molecule has 1 fully saturated rings. The van der Waals surface area contributed by atoms with Crippen LogP contribution in [-0.2, 0) is 17.8 Å². The van der Waals surface area contributed by atoms with E-state index in [0.717, 1.165) is 49.1 Å². The predicted octanol–water partition coefficient (Wildman–Crippen LogP) is 2.56. The molecule has 1 atom stereocenters. The number of ketones is 1. The summed E-state index contributed by atoms with van der Waals surface area (Å²) < 4.78 is 1.99. The number of benzene rings is 1. The highest BCUT2D eigenvalue weighted by atomic mass is 16.1. The molecule has 3 rings (SSSR count). The Kier molecular flexibility index (Phi) is 3.81. The summed E-state index contributed by atoms with van der Waals surface area (Å²) in [6, 6.07) is 8.19. The molecule has 0 radical (unpaired) electrons. The number of carbonyl (C=O) groups is 1. The summed E-state index contributed by atoms with van der Waals surface area (Å²) in [6.45, 7) is 6.79. The van der Waals surface area contributed by atoms with E-state index in [-0.39, 0.29) is 5.41 Å². The van der Waals surface area contributed by atoms with Gasteiger partial charge in [-0.25, -0.2) is 0 Å². The van der Waals surface area contributed by atoms with Crippen LogP contribution in [0.2, 0.25) is 0 Å². The first-order chi connectivity index (χ1) is 10.2. The topological polar surface area (TPSA) is 46.9 Å². The number of para-hydroxylation sites is 1. The number of hydrogen-bond acceptors (Lipinski definition) is 3. The van der Waals surface area contributed by atoms with Crippen molar-refractivity contribution in [3.05, 3.63) is 30.0 Å². The fraction of sp³-hybridized carbons (Fsp3) is 0.529. The molecule has 1 aromatic heterocycles. The lowest BCUT2D eigenvalue weighted by molar-refractivity contribution is -0.127. The van der Waals surface area contributed by atoms with Gasteiger partial charge < -0.3 is 5.32 Å². The number of Topliss-reactive ketones (excluding diaryl/α,β-unsaturated/α-hetero) is 1. The Hall–Kier alpha value is -1.68. The standard InChI is InChI=1S/C17H23N3O/c1-3-17(9-10-18-12-17)16(21)11-14-13-7-5-6-8-15(13)20(4-2)19-14/h5-8,18H,3-4,9-12H2,1-2H3. The molecule has 1 unspecified atom stereocenters. The number of rotatable bonds is 5. The quantitative estimate of drug-likeness (QED) is 0.918. The maximum absolute atomic E-state index is 12.8. The zero-order chi connectivity index (χ0) is 14.9. The summed E-state index contributed by atoms with van der Waals surface area (Å²) in [7, 11) is 0. The summed E-state index contributed by atoms with van der Waals surface area (Å²) in [5.74, 6) is 0.335. The third-order valence-corrected chi connectivity index (χ3v) is 4.87. The Morgan fingerprint density at radius 2 is 2.19 bits per heavy atom. The molecule has 1 aromatic carbocycles. The lowest BCUT2D eigenvalue weighted by atomic mass is 9.78. The normalized spacial score (nSPS) is 22.0. The van der Waals surface area contributed by atoms with Crippen LogP contribution in [0.5, 0.6) is 0 Å². The minimum atomic E-state index is -0.183. The second kappa shape index (κ2) is 5.60. The molecule has 0 saturated carbocycles. The molecule has 2 aromatic rings. The maximum atomic E-state index is 12.8. The molecular formula is C17H23N3O.